The highest BCUT2D eigenvalue weighted by Crippen LogP contribution is 2.59. The number of benzene rings is 2. The highest BCUT2D eigenvalue weighted by molar-refractivity contribution is 6.11. The predicted octanol–water partition coefficient (Wildman–Crippen LogP) is 4.21. The Balaban J connectivity index is 2.11. The third-order valence-electron chi connectivity index (χ3n) is 7.19. The average molecular weight is 452 g/mol. The standard InChI is InChI=1S/C27H33NO5/c1-24(2,3)17-13-15(14-18(21(17)29)25(4,5)6)20-16-11-9-10-12-19(16)33-27(32)23(31)28(8)22(30)26(20,27)7/h9-14,20,29,32H,1-8H3/t20-,26-,27+/m0/s1. The van der Waals surface area contributed by atoms with E-state index in [0.717, 1.165) is 21.6 Å². The quantitative estimate of drug-likeness (QED) is 0.635. The zero-order chi connectivity index (χ0) is 24.7. The summed E-state index contributed by atoms with van der Waals surface area (Å²) < 4.78 is 5.86. The van der Waals surface area contributed by atoms with Crippen molar-refractivity contribution in [3.8, 4) is 11.5 Å². The van der Waals surface area contributed by atoms with Gasteiger partial charge in [0.1, 0.15) is 16.9 Å². The molecule has 2 N–H and O–H groups in total. The molecular weight excluding hydrogens is 418 g/mol. The Morgan fingerprint density at radius 3 is 1.97 bits per heavy atom. The van der Waals surface area contributed by atoms with Gasteiger partial charge in [-0.25, -0.2) is 0 Å². The number of nitrogens with zero attached hydrogens (tertiary/aromatic N) is 1. The lowest BCUT2D eigenvalue weighted by Crippen LogP contribution is -2.59. The zero-order valence-corrected chi connectivity index (χ0v) is 20.6. The van der Waals surface area contributed by atoms with E-state index in [2.05, 4.69) is 0 Å². The van der Waals surface area contributed by atoms with Crippen molar-refractivity contribution < 1.29 is 24.5 Å². The van der Waals surface area contributed by atoms with Crippen LogP contribution in [0.25, 0.3) is 0 Å². The number of imide groups is 1. The van der Waals surface area contributed by atoms with E-state index in [1.165, 1.54) is 7.05 Å². The maximum Gasteiger partial charge on any atom is 0.304 e. The highest BCUT2D eigenvalue weighted by atomic mass is 16.6. The van der Waals surface area contributed by atoms with Crippen molar-refractivity contribution in [1.82, 2.24) is 4.90 Å². The largest absolute Gasteiger partial charge is 0.507 e. The number of hydrogen-bond acceptors (Lipinski definition) is 5. The Morgan fingerprint density at radius 1 is 0.939 bits per heavy atom. The molecule has 0 aliphatic carbocycles. The van der Waals surface area contributed by atoms with Crippen molar-refractivity contribution in [2.24, 2.45) is 5.41 Å². The molecule has 2 aromatic carbocycles. The fourth-order valence-electron chi connectivity index (χ4n) is 5.27. The third kappa shape index (κ3) is 3.03. The van der Waals surface area contributed by atoms with E-state index >= 15 is 0 Å². The molecule has 6 heteroatoms. The normalized spacial score (nSPS) is 27.3. The summed E-state index contributed by atoms with van der Waals surface area (Å²) in [6.45, 7) is 13.7. The molecular formula is C27H33NO5. The molecule has 4 rings (SSSR count). The Hall–Kier alpha value is -2.86. The van der Waals surface area contributed by atoms with Crippen LogP contribution < -0.4 is 4.74 Å². The number of aliphatic hydroxyl groups is 1. The summed E-state index contributed by atoms with van der Waals surface area (Å²) >= 11 is 0. The number of rotatable bonds is 1. The molecule has 2 aliphatic heterocycles. The van der Waals surface area contributed by atoms with Crippen LogP contribution in [0.5, 0.6) is 11.5 Å². The van der Waals surface area contributed by atoms with Gasteiger partial charge in [0, 0.05) is 18.5 Å². The van der Waals surface area contributed by atoms with Crippen LogP contribution in [0.4, 0.5) is 0 Å². The first-order valence-corrected chi connectivity index (χ1v) is 11.3. The molecule has 176 valence electrons. The topological polar surface area (TPSA) is 87.1 Å². The first kappa shape index (κ1) is 23.3. The van der Waals surface area contributed by atoms with E-state index in [4.69, 9.17) is 4.74 Å². The van der Waals surface area contributed by atoms with Gasteiger partial charge in [0.2, 0.25) is 5.91 Å². The Bertz CT molecular complexity index is 1140. The number of carbonyl (C=O) groups is 2. The lowest BCUT2D eigenvalue weighted by atomic mass is 9.63. The summed E-state index contributed by atoms with van der Waals surface area (Å²) in [7, 11) is 1.37. The van der Waals surface area contributed by atoms with Gasteiger partial charge < -0.3 is 14.9 Å². The summed E-state index contributed by atoms with van der Waals surface area (Å²) in [5.41, 5.74) is 0.594. The van der Waals surface area contributed by atoms with Crippen molar-refractivity contribution in [3.05, 3.63) is 58.7 Å². The second kappa shape index (κ2) is 6.83. The number of carbonyl (C=O) groups excluding carboxylic acids is 2. The maximum absolute atomic E-state index is 13.5. The van der Waals surface area contributed by atoms with E-state index in [9.17, 15) is 19.8 Å². The molecule has 2 aliphatic rings. The molecule has 33 heavy (non-hydrogen) atoms. The molecule has 2 amide bonds. The highest BCUT2D eigenvalue weighted by Gasteiger charge is 2.73. The monoisotopic (exact) mass is 451 g/mol. The molecule has 6 nitrogen and oxygen atoms in total. The number of amides is 2. The van der Waals surface area contributed by atoms with Crippen molar-refractivity contribution in [3.63, 3.8) is 0 Å². The molecule has 0 aromatic heterocycles. The first-order chi connectivity index (χ1) is 15.0. The van der Waals surface area contributed by atoms with Crippen LogP contribution in [0.15, 0.2) is 36.4 Å². The average Bonchev–Trinajstić information content (AvgIpc) is 2.83. The first-order valence-electron chi connectivity index (χ1n) is 11.3. The van der Waals surface area contributed by atoms with Crippen LogP contribution in [-0.2, 0) is 20.4 Å². The molecule has 0 radical (unpaired) electrons. The zero-order valence-electron chi connectivity index (χ0n) is 20.6. The number of aromatic hydroxyl groups is 1. The van der Waals surface area contributed by atoms with E-state index in [1.54, 1.807) is 19.1 Å². The van der Waals surface area contributed by atoms with Crippen LogP contribution >= 0.6 is 0 Å². The van der Waals surface area contributed by atoms with Crippen molar-refractivity contribution in [2.75, 3.05) is 7.05 Å². The Kier molecular flexibility index (Phi) is 4.82. The number of likely N-dealkylation sites (tertiary alicyclic amines) is 1. The summed E-state index contributed by atoms with van der Waals surface area (Å²) in [6.07, 6.45) is 0. The van der Waals surface area contributed by atoms with Crippen LogP contribution in [-0.4, -0.2) is 39.8 Å². The number of fused-ring (bicyclic) bond motifs is 2. The summed E-state index contributed by atoms with van der Waals surface area (Å²) in [6, 6.07) is 11.0. The Labute approximate surface area is 195 Å². The van der Waals surface area contributed by atoms with Gasteiger partial charge in [-0.2, -0.15) is 0 Å². The van der Waals surface area contributed by atoms with Gasteiger partial charge in [0.15, 0.2) is 0 Å². The molecule has 1 fully saturated rings. The molecule has 0 bridgehead atoms. The smallest absolute Gasteiger partial charge is 0.304 e. The second-order valence-electron chi connectivity index (χ2n) is 11.6. The molecule has 3 atom stereocenters. The third-order valence-corrected chi connectivity index (χ3v) is 7.19. The predicted molar refractivity (Wildman–Crippen MR) is 125 cm³/mol. The molecule has 2 aromatic rings. The Morgan fingerprint density at radius 2 is 1.45 bits per heavy atom. The van der Waals surface area contributed by atoms with E-state index in [1.807, 2.05) is 65.8 Å². The molecule has 0 spiro atoms. The molecule has 0 unspecified atom stereocenters. The van der Waals surface area contributed by atoms with Gasteiger partial charge >= 0.3 is 11.7 Å². The lowest BCUT2D eigenvalue weighted by Gasteiger charge is -2.46. The van der Waals surface area contributed by atoms with E-state index in [0.29, 0.717) is 11.3 Å². The van der Waals surface area contributed by atoms with Gasteiger partial charge in [-0.1, -0.05) is 71.9 Å². The van der Waals surface area contributed by atoms with Gasteiger partial charge in [-0.15, -0.1) is 0 Å². The van der Waals surface area contributed by atoms with Crippen molar-refractivity contribution in [2.45, 2.75) is 71.0 Å². The minimum Gasteiger partial charge on any atom is -0.507 e. The minimum atomic E-state index is -2.33. The van der Waals surface area contributed by atoms with Gasteiger partial charge in [0.25, 0.3) is 0 Å². The van der Waals surface area contributed by atoms with Crippen LogP contribution in [0.2, 0.25) is 0 Å². The number of hydrogen-bond donors (Lipinski definition) is 2. The lowest BCUT2D eigenvalue weighted by molar-refractivity contribution is -0.210. The number of likely N-dealkylation sites (N-methyl/N-ethyl adjacent to an activating group) is 1. The molecule has 1 saturated heterocycles. The molecule has 0 saturated carbocycles. The van der Waals surface area contributed by atoms with Crippen LogP contribution in [0.3, 0.4) is 0 Å². The SMILES string of the molecule is CN1C(=O)[C@@]2(O)Oc3ccccc3[C@H](c3cc(C(C)(C)C)c(O)c(C(C)(C)C)c3)[C@@]2(C)C1=O. The fraction of sp³-hybridized carbons (Fsp3) is 0.481. The number of phenolic OH excluding ortho intramolecular Hbond substituents is 1. The summed E-state index contributed by atoms with van der Waals surface area (Å²) in [5, 5.41) is 22.8. The number of phenols is 1. The summed E-state index contributed by atoms with van der Waals surface area (Å²) in [4.78, 5) is 27.5. The van der Waals surface area contributed by atoms with Gasteiger partial charge in [0.05, 0.1) is 0 Å². The van der Waals surface area contributed by atoms with Crippen molar-refractivity contribution >= 4 is 11.8 Å². The van der Waals surface area contributed by atoms with Crippen LogP contribution in [0.1, 0.15) is 76.6 Å². The number of para-hydroxylation sites is 1. The van der Waals surface area contributed by atoms with E-state index < -0.39 is 28.9 Å². The van der Waals surface area contributed by atoms with Gasteiger partial charge in [-0.3, -0.25) is 14.5 Å². The fourth-order valence-corrected chi connectivity index (χ4v) is 5.27. The second-order valence-corrected chi connectivity index (χ2v) is 11.6. The summed E-state index contributed by atoms with van der Waals surface area (Å²) in [5.74, 6) is -3.69. The van der Waals surface area contributed by atoms with E-state index in [-0.39, 0.29) is 16.6 Å². The molecule has 2 heterocycles. The minimum absolute atomic E-state index is 0.227. The van der Waals surface area contributed by atoms with Crippen molar-refractivity contribution in [1.29, 1.82) is 0 Å². The van der Waals surface area contributed by atoms with Gasteiger partial charge in [-0.05, 0) is 40.5 Å². The van der Waals surface area contributed by atoms with Crippen LogP contribution in [0, 0.1) is 5.41 Å². The maximum atomic E-state index is 13.5. The number of ether oxygens (including phenoxy) is 1.